The molecule has 1 aliphatic carbocycles. The molecule has 0 unspecified atom stereocenters. The maximum atomic E-state index is 14.7. The highest BCUT2D eigenvalue weighted by Crippen LogP contribution is 2.54. The molecule has 116 valence electrons. The van der Waals surface area contributed by atoms with Gasteiger partial charge in [0.15, 0.2) is 6.17 Å². The number of hydrogen-bond acceptors (Lipinski definition) is 4. The molecule has 2 fully saturated rings. The van der Waals surface area contributed by atoms with E-state index in [2.05, 4.69) is 4.74 Å². The number of fused-ring (bicyclic) bond motifs is 3. The SMILES string of the molecule is COC(=O)N1C=C(F)[C@@H]2[C@H](F)[C@H]1OC(=O)C21CCCCC1. The maximum absolute atomic E-state index is 14.7. The number of rotatable bonds is 0. The molecule has 0 N–H and O–H groups in total. The minimum atomic E-state index is -1.77. The van der Waals surface area contributed by atoms with Crippen LogP contribution in [0.3, 0.4) is 0 Å². The summed E-state index contributed by atoms with van der Waals surface area (Å²) < 4.78 is 38.7. The van der Waals surface area contributed by atoms with Crippen molar-refractivity contribution in [2.45, 2.75) is 44.5 Å². The zero-order valence-corrected chi connectivity index (χ0v) is 11.7. The molecule has 0 radical (unpaired) electrons. The number of ether oxygens (including phenoxy) is 2. The van der Waals surface area contributed by atoms with E-state index in [9.17, 15) is 18.4 Å². The summed E-state index contributed by atoms with van der Waals surface area (Å²) in [6.07, 6.45) is 0.0118. The molecule has 1 saturated carbocycles. The largest absolute Gasteiger partial charge is 0.452 e. The lowest BCUT2D eigenvalue weighted by Crippen LogP contribution is -2.62. The zero-order valence-electron chi connectivity index (χ0n) is 11.7. The Balaban J connectivity index is 2.02. The second kappa shape index (κ2) is 4.96. The number of amides is 1. The molecule has 1 amide bonds. The minimum Gasteiger partial charge on any atom is -0.452 e. The van der Waals surface area contributed by atoms with Crippen molar-refractivity contribution in [3.63, 3.8) is 0 Å². The van der Waals surface area contributed by atoms with Crippen LogP contribution < -0.4 is 0 Å². The van der Waals surface area contributed by atoms with Crippen LogP contribution in [0.2, 0.25) is 0 Å². The van der Waals surface area contributed by atoms with E-state index in [1.165, 1.54) is 0 Å². The first-order chi connectivity index (χ1) is 10.0. The summed E-state index contributed by atoms with van der Waals surface area (Å²) in [6, 6.07) is 0. The molecule has 2 aliphatic heterocycles. The van der Waals surface area contributed by atoms with E-state index in [1.807, 2.05) is 0 Å². The summed E-state index contributed by atoms with van der Waals surface area (Å²) in [5, 5.41) is 0. The third kappa shape index (κ3) is 1.93. The molecule has 0 aromatic heterocycles. The molecule has 3 atom stereocenters. The molecular weight excluding hydrogens is 284 g/mol. The molecule has 3 aliphatic rings. The molecular formula is C14H17F2NO4. The Labute approximate surface area is 120 Å². The predicted octanol–water partition coefficient (Wildman–Crippen LogP) is 2.67. The summed E-state index contributed by atoms with van der Waals surface area (Å²) in [4.78, 5) is 24.6. The van der Waals surface area contributed by atoms with Gasteiger partial charge in [0.25, 0.3) is 0 Å². The lowest BCUT2D eigenvalue weighted by Gasteiger charge is -2.51. The molecule has 1 spiro atoms. The van der Waals surface area contributed by atoms with Crippen molar-refractivity contribution in [2.75, 3.05) is 7.11 Å². The number of carbonyl (C=O) groups is 2. The van der Waals surface area contributed by atoms with Gasteiger partial charge in [-0.2, -0.15) is 0 Å². The number of esters is 1. The first kappa shape index (κ1) is 14.3. The molecule has 7 heteroatoms. The molecule has 21 heavy (non-hydrogen) atoms. The summed E-state index contributed by atoms with van der Waals surface area (Å²) >= 11 is 0. The first-order valence-corrected chi connectivity index (χ1v) is 7.10. The fourth-order valence-corrected chi connectivity index (χ4v) is 3.76. The van der Waals surface area contributed by atoms with Gasteiger partial charge >= 0.3 is 12.1 Å². The lowest BCUT2D eigenvalue weighted by molar-refractivity contribution is -0.209. The van der Waals surface area contributed by atoms with E-state index < -0.39 is 41.6 Å². The van der Waals surface area contributed by atoms with E-state index in [1.54, 1.807) is 0 Å². The summed E-state index contributed by atoms with van der Waals surface area (Å²) in [5.74, 6) is -2.56. The predicted molar refractivity (Wildman–Crippen MR) is 67.2 cm³/mol. The van der Waals surface area contributed by atoms with Gasteiger partial charge in [0.05, 0.1) is 18.4 Å². The number of nitrogens with zero attached hydrogens (tertiary/aromatic N) is 1. The van der Waals surface area contributed by atoms with Crippen molar-refractivity contribution in [1.29, 1.82) is 0 Å². The van der Waals surface area contributed by atoms with Gasteiger partial charge in [-0.05, 0) is 12.8 Å². The summed E-state index contributed by atoms with van der Waals surface area (Å²) in [7, 11) is 1.10. The smallest absolute Gasteiger partial charge is 0.416 e. The van der Waals surface area contributed by atoms with E-state index in [4.69, 9.17) is 4.74 Å². The van der Waals surface area contributed by atoms with Gasteiger partial charge in [0.2, 0.25) is 6.23 Å². The Morgan fingerprint density at radius 1 is 1.43 bits per heavy atom. The Hall–Kier alpha value is -1.66. The van der Waals surface area contributed by atoms with Crippen LogP contribution in [0.25, 0.3) is 0 Å². The van der Waals surface area contributed by atoms with Crippen molar-refractivity contribution in [2.24, 2.45) is 11.3 Å². The first-order valence-electron chi connectivity index (χ1n) is 7.10. The van der Waals surface area contributed by atoms with Crippen LogP contribution in [0, 0.1) is 11.3 Å². The minimum absolute atomic E-state index is 0.420. The van der Waals surface area contributed by atoms with Gasteiger partial charge in [-0.3, -0.25) is 4.79 Å². The third-order valence-electron chi connectivity index (χ3n) is 4.79. The highest BCUT2D eigenvalue weighted by molar-refractivity contribution is 5.80. The van der Waals surface area contributed by atoms with Gasteiger partial charge in [-0.15, -0.1) is 0 Å². The van der Waals surface area contributed by atoms with Crippen LogP contribution in [-0.2, 0) is 14.3 Å². The van der Waals surface area contributed by atoms with Crippen molar-refractivity contribution in [1.82, 2.24) is 4.90 Å². The highest BCUT2D eigenvalue weighted by Gasteiger charge is 2.62. The Kier molecular flexibility index (Phi) is 3.37. The van der Waals surface area contributed by atoms with Crippen LogP contribution in [0.1, 0.15) is 32.1 Å². The normalized spacial score (nSPS) is 34.2. The van der Waals surface area contributed by atoms with E-state index >= 15 is 0 Å². The standard InChI is InChI=1S/C14H17F2NO4/c1-20-13(19)17-7-8(15)9-10(16)11(17)21-12(18)14(9)5-3-2-4-6-14/h7,9-11H,2-6H2,1H3/t9-,10+,11-/m1/s1. The molecule has 5 nitrogen and oxygen atoms in total. The maximum Gasteiger partial charge on any atom is 0.416 e. The van der Waals surface area contributed by atoms with Crippen molar-refractivity contribution in [3.05, 3.63) is 12.0 Å². The number of methoxy groups -OCH3 is 1. The van der Waals surface area contributed by atoms with Crippen LogP contribution in [0.5, 0.6) is 0 Å². The molecule has 0 aromatic rings. The van der Waals surface area contributed by atoms with Crippen LogP contribution >= 0.6 is 0 Å². The summed E-state index contributed by atoms with van der Waals surface area (Å²) in [5.41, 5.74) is -1.13. The molecule has 2 bridgehead atoms. The Morgan fingerprint density at radius 3 is 2.71 bits per heavy atom. The topological polar surface area (TPSA) is 55.8 Å². The monoisotopic (exact) mass is 301 g/mol. The number of alkyl halides is 1. The van der Waals surface area contributed by atoms with Gasteiger partial charge < -0.3 is 9.47 Å². The third-order valence-corrected chi connectivity index (χ3v) is 4.79. The lowest BCUT2D eigenvalue weighted by atomic mass is 9.62. The van der Waals surface area contributed by atoms with Gasteiger partial charge in [0, 0.05) is 6.20 Å². The van der Waals surface area contributed by atoms with Gasteiger partial charge in [0.1, 0.15) is 5.83 Å². The van der Waals surface area contributed by atoms with Crippen molar-refractivity contribution >= 4 is 12.1 Å². The van der Waals surface area contributed by atoms with E-state index in [-0.39, 0.29) is 0 Å². The quantitative estimate of drug-likeness (QED) is 0.645. The molecule has 1 saturated heterocycles. The van der Waals surface area contributed by atoms with Crippen LogP contribution in [-0.4, -0.2) is 36.5 Å². The average molecular weight is 301 g/mol. The van der Waals surface area contributed by atoms with Gasteiger partial charge in [-0.1, -0.05) is 19.3 Å². The van der Waals surface area contributed by atoms with E-state index in [0.29, 0.717) is 17.7 Å². The molecule has 2 heterocycles. The number of halogens is 2. The highest BCUT2D eigenvalue weighted by atomic mass is 19.1. The number of hydrogen-bond donors (Lipinski definition) is 0. The second-order valence-corrected chi connectivity index (χ2v) is 5.83. The van der Waals surface area contributed by atoms with E-state index in [0.717, 1.165) is 32.6 Å². The van der Waals surface area contributed by atoms with Crippen molar-refractivity contribution < 1.29 is 27.8 Å². The average Bonchev–Trinajstić information content (AvgIpc) is 2.48. The fraction of sp³-hybridized carbons (Fsp3) is 0.714. The zero-order chi connectivity index (χ0) is 15.2. The van der Waals surface area contributed by atoms with Gasteiger partial charge in [-0.25, -0.2) is 18.5 Å². The van der Waals surface area contributed by atoms with Crippen LogP contribution in [0.4, 0.5) is 13.6 Å². The number of carbonyl (C=O) groups excluding carboxylic acids is 2. The number of allylic oxidation sites excluding steroid dienone is 1. The second-order valence-electron chi connectivity index (χ2n) is 5.83. The van der Waals surface area contributed by atoms with Crippen LogP contribution in [0.15, 0.2) is 12.0 Å². The Bertz CT molecular complexity index is 501. The molecule has 0 aromatic carbocycles. The summed E-state index contributed by atoms with van der Waals surface area (Å²) in [6.45, 7) is 0. The van der Waals surface area contributed by atoms with Crippen molar-refractivity contribution in [3.8, 4) is 0 Å². The Morgan fingerprint density at radius 2 is 2.10 bits per heavy atom. The fourth-order valence-electron chi connectivity index (χ4n) is 3.76. The molecule has 3 rings (SSSR count).